The van der Waals surface area contributed by atoms with Gasteiger partial charge in [0.25, 0.3) is 0 Å². The maximum Gasteiger partial charge on any atom is 0.222 e. The zero-order valence-electron chi connectivity index (χ0n) is 16.0. The van der Waals surface area contributed by atoms with E-state index in [4.69, 9.17) is 30.9 Å². The summed E-state index contributed by atoms with van der Waals surface area (Å²) in [4.78, 5) is 1.12. The van der Waals surface area contributed by atoms with Gasteiger partial charge in [-0.3, -0.25) is 0 Å². The van der Waals surface area contributed by atoms with Crippen LogP contribution in [0, 0.1) is 0 Å². The zero-order chi connectivity index (χ0) is 20.0. The zero-order valence-corrected chi connectivity index (χ0v) is 17.5. The van der Waals surface area contributed by atoms with E-state index in [0.29, 0.717) is 16.5 Å². The molecule has 2 aliphatic rings. The average Bonchev–Trinajstić information content (AvgIpc) is 3.43. The Morgan fingerprint density at radius 3 is 2.72 bits per heavy atom. The summed E-state index contributed by atoms with van der Waals surface area (Å²) in [5.74, 6) is 2.24. The number of benzene rings is 2. The summed E-state index contributed by atoms with van der Waals surface area (Å²) >= 11 is 7.96. The van der Waals surface area contributed by atoms with E-state index in [1.807, 2.05) is 42.5 Å². The third-order valence-electron chi connectivity index (χ3n) is 5.26. The SMILES string of the molecule is COc1ccc(C2=NN3[C@H](C2)c2cc(Cl)ccc2O[C@@H]3c2cccs2)cc1OC. The Labute approximate surface area is 178 Å². The molecular weight excluding hydrogens is 408 g/mol. The fourth-order valence-electron chi connectivity index (χ4n) is 3.87. The molecule has 3 heterocycles. The third-order valence-corrected chi connectivity index (χ3v) is 6.39. The minimum Gasteiger partial charge on any atom is -0.493 e. The minimum absolute atomic E-state index is 0.0626. The lowest BCUT2D eigenvalue weighted by molar-refractivity contribution is -0.0165. The maximum atomic E-state index is 6.34. The fourth-order valence-corrected chi connectivity index (χ4v) is 4.79. The average molecular weight is 427 g/mol. The van der Waals surface area contributed by atoms with Gasteiger partial charge in [0.15, 0.2) is 11.5 Å². The van der Waals surface area contributed by atoms with Crippen molar-refractivity contribution in [3.63, 3.8) is 0 Å². The molecule has 0 aliphatic carbocycles. The number of methoxy groups -OCH3 is 2. The van der Waals surface area contributed by atoms with Gasteiger partial charge in [0.05, 0.1) is 30.9 Å². The van der Waals surface area contributed by atoms with Crippen LogP contribution < -0.4 is 14.2 Å². The van der Waals surface area contributed by atoms with Gasteiger partial charge in [-0.2, -0.15) is 5.10 Å². The lowest BCUT2D eigenvalue weighted by Crippen LogP contribution is -2.33. The van der Waals surface area contributed by atoms with Crippen LogP contribution in [0.25, 0.3) is 0 Å². The fraction of sp³-hybridized carbons (Fsp3) is 0.227. The van der Waals surface area contributed by atoms with E-state index in [0.717, 1.165) is 33.9 Å². The van der Waals surface area contributed by atoms with Crippen molar-refractivity contribution in [3.05, 3.63) is 74.9 Å². The molecule has 29 heavy (non-hydrogen) atoms. The molecule has 3 aromatic rings. The number of hydrogen-bond acceptors (Lipinski definition) is 6. The van der Waals surface area contributed by atoms with E-state index >= 15 is 0 Å². The monoisotopic (exact) mass is 426 g/mol. The minimum atomic E-state index is -0.258. The Bertz CT molecular complexity index is 1080. The second-order valence-corrected chi connectivity index (χ2v) is 8.30. The maximum absolute atomic E-state index is 6.34. The lowest BCUT2D eigenvalue weighted by atomic mass is 9.96. The van der Waals surface area contributed by atoms with Crippen LogP contribution in [0.1, 0.15) is 34.7 Å². The molecule has 148 valence electrons. The summed E-state index contributed by atoms with van der Waals surface area (Å²) in [6, 6.07) is 15.9. The van der Waals surface area contributed by atoms with Crippen molar-refractivity contribution < 1.29 is 14.2 Å². The van der Waals surface area contributed by atoms with Crippen molar-refractivity contribution in [2.24, 2.45) is 5.10 Å². The van der Waals surface area contributed by atoms with E-state index in [1.54, 1.807) is 25.6 Å². The van der Waals surface area contributed by atoms with Gasteiger partial charge in [0, 0.05) is 22.6 Å². The van der Waals surface area contributed by atoms with Crippen molar-refractivity contribution in [1.29, 1.82) is 0 Å². The molecule has 1 aromatic heterocycles. The van der Waals surface area contributed by atoms with E-state index in [2.05, 4.69) is 16.5 Å². The summed E-state index contributed by atoms with van der Waals surface area (Å²) in [6.45, 7) is 0. The molecule has 0 fully saturated rings. The van der Waals surface area contributed by atoms with E-state index in [-0.39, 0.29) is 12.3 Å². The number of hydrogen-bond donors (Lipinski definition) is 0. The molecule has 0 amide bonds. The number of halogens is 1. The summed E-state index contributed by atoms with van der Waals surface area (Å²) in [5.41, 5.74) is 3.05. The van der Waals surface area contributed by atoms with E-state index in [9.17, 15) is 0 Å². The van der Waals surface area contributed by atoms with Gasteiger partial charge in [0.2, 0.25) is 6.23 Å². The van der Waals surface area contributed by atoms with Crippen molar-refractivity contribution in [2.45, 2.75) is 18.7 Å². The van der Waals surface area contributed by atoms with Gasteiger partial charge >= 0.3 is 0 Å². The van der Waals surface area contributed by atoms with Crippen molar-refractivity contribution in [2.75, 3.05) is 14.2 Å². The van der Waals surface area contributed by atoms with Crippen molar-refractivity contribution >= 4 is 28.6 Å². The highest BCUT2D eigenvalue weighted by Crippen LogP contribution is 2.49. The van der Waals surface area contributed by atoms with Gasteiger partial charge in [-0.25, -0.2) is 5.01 Å². The van der Waals surface area contributed by atoms with E-state index < -0.39 is 0 Å². The van der Waals surface area contributed by atoms with Gasteiger partial charge in [-0.1, -0.05) is 17.7 Å². The van der Waals surface area contributed by atoms with Gasteiger partial charge < -0.3 is 14.2 Å². The van der Waals surface area contributed by atoms with Crippen LogP contribution in [0.5, 0.6) is 17.2 Å². The number of rotatable bonds is 4. The van der Waals surface area contributed by atoms with Crippen LogP contribution >= 0.6 is 22.9 Å². The Kier molecular flexibility index (Phi) is 4.60. The molecule has 0 saturated heterocycles. The topological polar surface area (TPSA) is 43.3 Å². The molecule has 7 heteroatoms. The first-order valence-electron chi connectivity index (χ1n) is 9.25. The van der Waals surface area contributed by atoms with Crippen LogP contribution in [0.3, 0.4) is 0 Å². The number of nitrogens with zero attached hydrogens (tertiary/aromatic N) is 2. The second kappa shape index (κ2) is 7.28. The number of hydrazone groups is 1. The molecule has 5 rings (SSSR count). The summed E-state index contributed by atoms with van der Waals surface area (Å²) in [5, 5.41) is 9.77. The quantitative estimate of drug-likeness (QED) is 0.539. The first kappa shape index (κ1) is 18.3. The molecule has 0 saturated carbocycles. The molecule has 0 radical (unpaired) electrons. The van der Waals surface area contributed by atoms with Crippen LogP contribution in [0.2, 0.25) is 5.02 Å². The Morgan fingerprint density at radius 1 is 1.10 bits per heavy atom. The highest BCUT2D eigenvalue weighted by Gasteiger charge is 2.41. The van der Waals surface area contributed by atoms with Crippen LogP contribution in [0.4, 0.5) is 0 Å². The molecule has 0 N–H and O–H groups in total. The van der Waals surface area contributed by atoms with Gasteiger partial charge in [-0.05, 0) is 47.8 Å². The Morgan fingerprint density at radius 2 is 1.97 bits per heavy atom. The second-order valence-electron chi connectivity index (χ2n) is 6.88. The Balaban J connectivity index is 1.58. The molecule has 5 nitrogen and oxygen atoms in total. The standard InChI is InChI=1S/C22H19ClN2O3S/c1-26-19-7-5-13(10-20(19)27-2)16-12-17-15-11-14(23)6-8-18(15)28-22(25(17)24-16)21-4-3-9-29-21/h3-11,17,22H,12H2,1-2H3/t17-,22-/m1/s1. The third kappa shape index (κ3) is 3.12. The van der Waals surface area contributed by atoms with Crippen LogP contribution in [-0.2, 0) is 0 Å². The highest BCUT2D eigenvalue weighted by atomic mass is 35.5. The van der Waals surface area contributed by atoms with Gasteiger partial charge in [-0.15, -0.1) is 11.3 Å². The van der Waals surface area contributed by atoms with Crippen LogP contribution in [0.15, 0.2) is 59.0 Å². The molecule has 0 spiro atoms. The van der Waals surface area contributed by atoms with Crippen molar-refractivity contribution in [3.8, 4) is 17.2 Å². The highest BCUT2D eigenvalue weighted by molar-refractivity contribution is 7.10. The largest absolute Gasteiger partial charge is 0.493 e. The first-order chi connectivity index (χ1) is 14.2. The predicted octanol–water partition coefficient (Wildman–Crippen LogP) is 5.66. The summed E-state index contributed by atoms with van der Waals surface area (Å²) in [6.07, 6.45) is 0.500. The molecule has 2 atom stereocenters. The summed E-state index contributed by atoms with van der Waals surface area (Å²) < 4.78 is 17.2. The van der Waals surface area contributed by atoms with Gasteiger partial charge in [0.1, 0.15) is 5.75 Å². The van der Waals surface area contributed by atoms with Crippen LogP contribution in [-0.4, -0.2) is 24.9 Å². The number of fused-ring (bicyclic) bond motifs is 3. The molecule has 0 bridgehead atoms. The smallest absolute Gasteiger partial charge is 0.222 e. The first-order valence-corrected chi connectivity index (χ1v) is 10.5. The molecule has 2 aliphatic heterocycles. The lowest BCUT2D eigenvalue weighted by Gasteiger charge is -2.37. The normalized spacial score (nSPS) is 19.8. The summed E-state index contributed by atoms with van der Waals surface area (Å²) in [7, 11) is 3.27. The molecule has 0 unspecified atom stereocenters. The molecule has 2 aromatic carbocycles. The van der Waals surface area contributed by atoms with Crippen molar-refractivity contribution in [1.82, 2.24) is 5.01 Å². The predicted molar refractivity (Wildman–Crippen MR) is 114 cm³/mol. The number of ether oxygens (including phenoxy) is 3. The molecular formula is C22H19ClN2O3S. The number of thiophene rings is 1. The van der Waals surface area contributed by atoms with E-state index in [1.165, 1.54) is 0 Å². The Hall–Kier alpha value is -2.70.